The van der Waals surface area contributed by atoms with E-state index in [9.17, 15) is 35.5 Å². The highest BCUT2D eigenvalue weighted by Gasteiger charge is 2.46. The van der Waals surface area contributed by atoms with Gasteiger partial charge in [-0.3, -0.25) is 4.90 Å². The van der Waals surface area contributed by atoms with Crippen LogP contribution in [0.1, 0.15) is 44.1 Å². The van der Waals surface area contributed by atoms with E-state index < -0.39 is 67.4 Å². The van der Waals surface area contributed by atoms with Crippen molar-refractivity contribution in [2.24, 2.45) is 0 Å². The number of aromatic nitrogens is 5. The van der Waals surface area contributed by atoms with E-state index in [0.29, 0.717) is 43.0 Å². The van der Waals surface area contributed by atoms with Gasteiger partial charge in [0.2, 0.25) is 5.95 Å². The predicted octanol–water partition coefficient (Wildman–Crippen LogP) is 5.77. The lowest BCUT2D eigenvalue weighted by Crippen LogP contribution is -2.50. The van der Waals surface area contributed by atoms with Gasteiger partial charge in [0.25, 0.3) is 12.3 Å². The minimum atomic E-state index is -4.80. The average Bonchev–Trinajstić information content (AvgIpc) is 3.00. The van der Waals surface area contributed by atoms with Crippen LogP contribution in [-0.4, -0.2) is 75.1 Å². The fourth-order valence-electron chi connectivity index (χ4n) is 5.36. The third-order valence-electron chi connectivity index (χ3n) is 7.69. The van der Waals surface area contributed by atoms with Crippen molar-refractivity contribution < 1.29 is 40.3 Å². The fraction of sp³-hybridized carbons (Fsp3) is 0.500. The summed E-state index contributed by atoms with van der Waals surface area (Å²) in [6, 6.07) is 1.09. The van der Waals surface area contributed by atoms with Crippen LogP contribution < -0.4 is 25.6 Å². The molecule has 0 aromatic carbocycles. The molecular weight excluding hydrogens is 627 g/mol. The molecule has 5 rings (SSSR count). The number of rotatable bonds is 10. The fourth-order valence-corrected chi connectivity index (χ4v) is 5.36. The first kappa shape index (κ1) is 32.9. The molecule has 18 heteroatoms. The smallest absolute Gasteiger partial charge is 0.421 e. The molecule has 0 aliphatic heterocycles. The van der Waals surface area contributed by atoms with Crippen LogP contribution in [0, 0.1) is 0 Å². The van der Waals surface area contributed by atoms with Crippen molar-refractivity contribution >= 4 is 23.6 Å². The Bertz CT molecular complexity index is 1480. The van der Waals surface area contributed by atoms with Gasteiger partial charge in [-0.1, -0.05) is 0 Å². The normalized spacial score (nSPS) is 19.7. The van der Waals surface area contributed by atoms with Crippen molar-refractivity contribution in [3.63, 3.8) is 0 Å². The molecule has 0 radical (unpaired) electrons. The lowest BCUT2D eigenvalue weighted by Gasteiger charge is -2.37. The number of hydrogen-bond donors (Lipinski definition) is 3. The Hall–Kier alpha value is -4.51. The first-order chi connectivity index (χ1) is 21.8. The second-order valence-electron chi connectivity index (χ2n) is 11.0. The Morgan fingerprint density at radius 1 is 0.957 bits per heavy atom. The monoisotopic (exact) mass is 657 g/mol. The second kappa shape index (κ2) is 13.5. The maximum absolute atomic E-state index is 13.5. The van der Waals surface area contributed by atoms with Gasteiger partial charge in [-0.2, -0.15) is 18.2 Å². The number of anilines is 3. The molecule has 11 nitrogen and oxygen atoms in total. The number of methoxy groups -OCH3 is 1. The summed E-state index contributed by atoms with van der Waals surface area (Å²) in [5, 5.41) is 7.68. The number of pyridine rings is 1. The highest BCUT2D eigenvalue weighted by atomic mass is 19.4. The van der Waals surface area contributed by atoms with Crippen LogP contribution in [0.3, 0.4) is 0 Å². The van der Waals surface area contributed by atoms with E-state index in [1.807, 2.05) is 0 Å². The summed E-state index contributed by atoms with van der Waals surface area (Å²) in [6.07, 6.45) is -1.97. The number of urea groups is 1. The molecule has 3 heterocycles. The summed E-state index contributed by atoms with van der Waals surface area (Å²) in [5.74, 6) is -3.41. The molecule has 2 aliphatic rings. The molecule has 0 saturated heterocycles. The molecule has 248 valence electrons. The molecule has 0 atom stereocenters. The topological polar surface area (TPSA) is 130 Å². The summed E-state index contributed by atoms with van der Waals surface area (Å²) in [4.78, 5) is 34.6. The number of carbonyl (C=O) groups excluding carboxylic acids is 1. The highest BCUT2D eigenvalue weighted by Crippen LogP contribution is 2.41. The molecule has 2 saturated carbocycles. The van der Waals surface area contributed by atoms with Crippen LogP contribution in [0.25, 0.3) is 11.1 Å². The number of nitrogens with zero attached hydrogens (tertiary/aromatic N) is 6. The van der Waals surface area contributed by atoms with Gasteiger partial charge >= 0.3 is 18.2 Å². The highest BCUT2D eigenvalue weighted by molar-refractivity contribution is 5.91. The van der Waals surface area contributed by atoms with Crippen molar-refractivity contribution in [3.05, 3.63) is 42.5 Å². The summed E-state index contributed by atoms with van der Waals surface area (Å²) < 4.78 is 97.9. The van der Waals surface area contributed by atoms with E-state index in [1.165, 1.54) is 30.6 Å². The maximum atomic E-state index is 13.5. The Morgan fingerprint density at radius 3 is 2.20 bits per heavy atom. The Kier molecular flexibility index (Phi) is 9.62. The van der Waals surface area contributed by atoms with Gasteiger partial charge < -0.3 is 20.7 Å². The number of hydrogen-bond acceptors (Lipinski definition) is 9. The number of carbonyl (C=O) groups is 1. The van der Waals surface area contributed by atoms with Gasteiger partial charge in [0.15, 0.2) is 0 Å². The molecule has 0 bridgehead atoms. The first-order valence-electron chi connectivity index (χ1n) is 14.3. The van der Waals surface area contributed by atoms with Gasteiger partial charge in [0, 0.05) is 66.9 Å². The minimum absolute atomic E-state index is 0.115. The van der Waals surface area contributed by atoms with Gasteiger partial charge in [0.05, 0.1) is 13.7 Å². The molecule has 2 amide bonds. The standard InChI is InChI=1S/C28H30F7N9O2/c1-46-25-38-11-16(12-39-25)15-2-7-22(36-10-15)44(26(45)40-14-21(29)30)19-5-3-17(4-6-19)42-24-37-13-20(28(33,34)35)23(43-24)41-18-8-27(31,32)9-18/h2,7,10-13,17-19,21H,3-6,8-9,14H2,1H3,(H,40,45)(H2,37,41,42,43)/t17-,19-. The number of amides is 2. The van der Waals surface area contributed by atoms with E-state index >= 15 is 0 Å². The lowest BCUT2D eigenvalue weighted by molar-refractivity contribution is -0.137. The third-order valence-corrected chi connectivity index (χ3v) is 7.69. The van der Waals surface area contributed by atoms with Gasteiger partial charge in [-0.15, -0.1) is 0 Å². The van der Waals surface area contributed by atoms with Crippen LogP contribution in [0.15, 0.2) is 36.9 Å². The third kappa shape index (κ3) is 8.00. The average molecular weight is 658 g/mol. The molecule has 3 N–H and O–H groups in total. The molecule has 2 fully saturated rings. The molecule has 0 spiro atoms. The van der Waals surface area contributed by atoms with E-state index in [4.69, 9.17) is 4.74 Å². The predicted molar refractivity (Wildman–Crippen MR) is 152 cm³/mol. The van der Waals surface area contributed by atoms with E-state index in [0.717, 1.165) is 0 Å². The molecule has 0 unspecified atom stereocenters. The molecule has 3 aromatic rings. The Morgan fingerprint density at radius 2 is 1.63 bits per heavy atom. The summed E-state index contributed by atoms with van der Waals surface area (Å²) in [7, 11) is 1.43. The Labute approximate surface area is 258 Å². The summed E-state index contributed by atoms with van der Waals surface area (Å²) >= 11 is 0. The van der Waals surface area contributed by atoms with Gasteiger partial charge in [-0.25, -0.2) is 42.3 Å². The zero-order valence-corrected chi connectivity index (χ0v) is 24.4. The van der Waals surface area contributed by atoms with E-state index in [-0.39, 0.29) is 23.8 Å². The van der Waals surface area contributed by atoms with Crippen molar-refractivity contribution in [1.82, 2.24) is 30.2 Å². The largest absolute Gasteiger partial charge is 0.467 e. The Balaban J connectivity index is 1.27. The van der Waals surface area contributed by atoms with Crippen LogP contribution in [0.2, 0.25) is 0 Å². The van der Waals surface area contributed by atoms with Gasteiger partial charge in [0.1, 0.15) is 17.2 Å². The van der Waals surface area contributed by atoms with Crippen LogP contribution in [0.5, 0.6) is 6.01 Å². The van der Waals surface area contributed by atoms with Crippen molar-refractivity contribution in [1.29, 1.82) is 0 Å². The van der Waals surface area contributed by atoms with E-state index in [1.54, 1.807) is 12.1 Å². The van der Waals surface area contributed by atoms with Crippen molar-refractivity contribution in [2.45, 2.75) is 75.2 Å². The van der Waals surface area contributed by atoms with Crippen LogP contribution in [0.4, 0.5) is 53.1 Å². The van der Waals surface area contributed by atoms with Crippen LogP contribution >= 0.6 is 0 Å². The zero-order chi connectivity index (χ0) is 33.1. The summed E-state index contributed by atoms with van der Waals surface area (Å²) in [6.45, 7) is -0.854. The minimum Gasteiger partial charge on any atom is -0.467 e. The number of nitrogens with one attached hydrogen (secondary N) is 3. The molecule has 46 heavy (non-hydrogen) atoms. The van der Waals surface area contributed by atoms with Crippen molar-refractivity contribution in [2.75, 3.05) is 29.2 Å². The van der Waals surface area contributed by atoms with Gasteiger partial charge in [-0.05, 0) is 37.8 Å². The number of alkyl halides is 7. The lowest BCUT2D eigenvalue weighted by atomic mass is 9.88. The zero-order valence-electron chi connectivity index (χ0n) is 24.4. The molecular formula is C28H30F7N9O2. The van der Waals surface area contributed by atoms with Crippen LogP contribution in [-0.2, 0) is 6.18 Å². The SMILES string of the molecule is COc1ncc(-c2ccc(N(C(=O)NCC(F)F)[C@H]3CC[C@H](Nc4ncc(C(F)(F)F)c(NC5CC(F)(F)C5)n4)CC3)nc2)cn1. The number of halogens is 7. The first-order valence-corrected chi connectivity index (χ1v) is 14.3. The van der Waals surface area contributed by atoms with E-state index in [2.05, 4.69) is 40.9 Å². The second-order valence-corrected chi connectivity index (χ2v) is 11.0. The summed E-state index contributed by atoms with van der Waals surface area (Å²) in [5.41, 5.74) is 0.110. The molecule has 3 aromatic heterocycles. The quantitative estimate of drug-likeness (QED) is 0.233. The maximum Gasteiger partial charge on any atom is 0.421 e. The molecule has 2 aliphatic carbocycles. The number of ether oxygens (including phenoxy) is 1. The van der Waals surface area contributed by atoms with Crippen molar-refractivity contribution in [3.8, 4) is 17.1 Å².